The number of aromatic nitrogens is 4. The van der Waals surface area contributed by atoms with Crippen molar-refractivity contribution in [3.8, 4) is 28.6 Å². The Morgan fingerprint density at radius 1 is 1.17 bits per heavy atom. The lowest BCUT2D eigenvalue weighted by Crippen LogP contribution is -2.33. The van der Waals surface area contributed by atoms with Gasteiger partial charge in [-0.25, -0.2) is 0 Å². The summed E-state index contributed by atoms with van der Waals surface area (Å²) >= 11 is 0. The molecule has 4 rings (SSSR count). The van der Waals surface area contributed by atoms with Crippen LogP contribution in [-0.4, -0.2) is 57.9 Å². The minimum Gasteiger partial charge on any atom is -0.497 e. The molecule has 9 heteroatoms. The Balaban J connectivity index is 1.43. The molecule has 2 heterocycles. The van der Waals surface area contributed by atoms with Crippen molar-refractivity contribution in [2.24, 2.45) is 0 Å². The molecule has 1 aliphatic rings. The van der Waals surface area contributed by atoms with Crippen molar-refractivity contribution < 1.29 is 19.0 Å². The number of tetrazole rings is 1. The monoisotopic (exact) mass is 409 g/mol. The standard InChI is InChI=1S/C21H23N5O4/c1-3-25(13-15-7-8-18-19(11-15)30-10-9-29-18)20(27)14-26-23-21(22-24-26)16-5-4-6-17(12-16)28-2/h4-8,11-12H,3,9-10,13-14H2,1-2H3. The lowest BCUT2D eigenvalue weighted by molar-refractivity contribution is -0.132. The molecule has 0 fully saturated rings. The van der Waals surface area contributed by atoms with Gasteiger partial charge in [0.25, 0.3) is 0 Å². The first-order valence-electron chi connectivity index (χ1n) is 9.75. The van der Waals surface area contributed by atoms with Gasteiger partial charge >= 0.3 is 0 Å². The molecule has 0 bridgehead atoms. The number of amides is 1. The van der Waals surface area contributed by atoms with Crippen molar-refractivity contribution in [1.82, 2.24) is 25.1 Å². The summed E-state index contributed by atoms with van der Waals surface area (Å²) in [6.07, 6.45) is 0. The first-order valence-corrected chi connectivity index (χ1v) is 9.75. The number of likely N-dealkylation sites (N-methyl/N-ethyl adjacent to an activating group) is 1. The smallest absolute Gasteiger partial charge is 0.246 e. The Labute approximate surface area is 174 Å². The normalized spacial score (nSPS) is 12.5. The fraction of sp³-hybridized carbons (Fsp3) is 0.333. The van der Waals surface area contributed by atoms with Crippen LogP contribution in [0.15, 0.2) is 42.5 Å². The van der Waals surface area contributed by atoms with Crippen LogP contribution in [0.1, 0.15) is 12.5 Å². The predicted molar refractivity (Wildman–Crippen MR) is 108 cm³/mol. The number of fused-ring (bicyclic) bond motifs is 1. The molecule has 2 aromatic carbocycles. The molecular formula is C21H23N5O4. The lowest BCUT2D eigenvalue weighted by Gasteiger charge is -2.23. The number of ether oxygens (including phenoxy) is 3. The minimum absolute atomic E-state index is 0.00929. The zero-order valence-corrected chi connectivity index (χ0v) is 16.9. The first kappa shape index (κ1) is 19.7. The Hall–Kier alpha value is -3.62. The highest BCUT2D eigenvalue weighted by Gasteiger charge is 2.18. The van der Waals surface area contributed by atoms with E-state index in [4.69, 9.17) is 14.2 Å². The van der Waals surface area contributed by atoms with E-state index in [1.807, 2.05) is 49.4 Å². The molecule has 0 unspecified atom stereocenters. The summed E-state index contributed by atoms with van der Waals surface area (Å²) in [5, 5.41) is 12.4. The van der Waals surface area contributed by atoms with Gasteiger partial charge < -0.3 is 19.1 Å². The predicted octanol–water partition coefficient (Wildman–Crippen LogP) is 2.17. The van der Waals surface area contributed by atoms with Crippen molar-refractivity contribution >= 4 is 5.91 Å². The number of rotatable bonds is 7. The molecule has 0 saturated carbocycles. The topological polar surface area (TPSA) is 91.6 Å². The molecule has 1 aromatic heterocycles. The average Bonchev–Trinajstić information content (AvgIpc) is 3.25. The molecule has 3 aromatic rings. The molecule has 156 valence electrons. The quantitative estimate of drug-likeness (QED) is 0.591. The van der Waals surface area contributed by atoms with E-state index in [1.165, 1.54) is 4.80 Å². The third-order valence-electron chi connectivity index (χ3n) is 4.77. The van der Waals surface area contributed by atoms with Gasteiger partial charge in [-0.15, -0.1) is 10.2 Å². The van der Waals surface area contributed by atoms with Gasteiger partial charge in [-0.2, -0.15) is 4.80 Å². The van der Waals surface area contributed by atoms with E-state index in [9.17, 15) is 4.79 Å². The number of methoxy groups -OCH3 is 1. The molecule has 9 nitrogen and oxygen atoms in total. The second-order valence-electron chi connectivity index (χ2n) is 6.76. The van der Waals surface area contributed by atoms with Gasteiger partial charge in [-0.3, -0.25) is 4.79 Å². The molecule has 0 radical (unpaired) electrons. The first-order chi connectivity index (χ1) is 14.7. The van der Waals surface area contributed by atoms with E-state index in [0.29, 0.717) is 43.6 Å². The van der Waals surface area contributed by atoms with Crippen LogP contribution < -0.4 is 14.2 Å². The molecule has 0 atom stereocenters. The van der Waals surface area contributed by atoms with Gasteiger partial charge in [0.1, 0.15) is 25.5 Å². The Morgan fingerprint density at radius 3 is 2.80 bits per heavy atom. The van der Waals surface area contributed by atoms with Crippen LogP contribution in [0.2, 0.25) is 0 Å². The van der Waals surface area contributed by atoms with Gasteiger partial charge in [0.2, 0.25) is 11.7 Å². The maximum absolute atomic E-state index is 12.8. The van der Waals surface area contributed by atoms with Crippen molar-refractivity contribution in [1.29, 1.82) is 0 Å². The summed E-state index contributed by atoms with van der Waals surface area (Å²) in [6.45, 7) is 4.05. The van der Waals surface area contributed by atoms with E-state index in [0.717, 1.165) is 16.9 Å². The maximum atomic E-state index is 12.8. The zero-order valence-electron chi connectivity index (χ0n) is 16.9. The van der Waals surface area contributed by atoms with E-state index in [1.54, 1.807) is 12.0 Å². The summed E-state index contributed by atoms with van der Waals surface area (Å²) in [7, 11) is 1.60. The number of carbonyl (C=O) groups excluding carboxylic acids is 1. The summed E-state index contributed by atoms with van der Waals surface area (Å²) in [6, 6.07) is 13.1. The highest BCUT2D eigenvalue weighted by Crippen LogP contribution is 2.31. The molecule has 1 amide bonds. The van der Waals surface area contributed by atoms with Gasteiger partial charge in [-0.05, 0) is 42.0 Å². The largest absolute Gasteiger partial charge is 0.497 e. The Morgan fingerprint density at radius 2 is 2.00 bits per heavy atom. The molecule has 30 heavy (non-hydrogen) atoms. The molecule has 0 saturated heterocycles. The van der Waals surface area contributed by atoms with Crippen LogP contribution in [-0.2, 0) is 17.9 Å². The van der Waals surface area contributed by atoms with Crippen molar-refractivity contribution in [3.05, 3.63) is 48.0 Å². The van der Waals surface area contributed by atoms with Crippen LogP contribution in [0.3, 0.4) is 0 Å². The lowest BCUT2D eigenvalue weighted by atomic mass is 10.1. The number of nitrogens with zero attached hydrogens (tertiary/aromatic N) is 5. The highest BCUT2D eigenvalue weighted by atomic mass is 16.6. The van der Waals surface area contributed by atoms with Crippen LogP contribution in [0.5, 0.6) is 17.2 Å². The van der Waals surface area contributed by atoms with Crippen molar-refractivity contribution in [2.45, 2.75) is 20.0 Å². The fourth-order valence-corrected chi connectivity index (χ4v) is 3.19. The van der Waals surface area contributed by atoms with Crippen LogP contribution >= 0.6 is 0 Å². The van der Waals surface area contributed by atoms with Gasteiger partial charge in [0.15, 0.2) is 11.5 Å². The van der Waals surface area contributed by atoms with Crippen molar-refractivity contribution in [3.63, 3.8) is 0 Å². The maximum Gasteiger partial charge on any atom is 0.246 e. The minimum atomic E-state index is -0.0954. The van der Waals surface area contributed by atoms with Crippen LogP contribution in [0.4, 0.5) is 0 Å². The third-order valence-corrected chi connectivity index (χ3v) is 4.77. The number of benzene rings is 2. The zero-order chi connectivity index (χ0) is 20.9. The van der Waals surface area contributed by atoms with Gasteiger partial charge in [-0.1, -0.05) is 18.2 Å². The van der Waals surface area contributed by atoms with Gasteiger partial charge in [0, 0.05) is 18.7 Å². The average molecular weight is 409 g/mol. The number of carbonyl (C=O) groups is 1. The molecule has 0 N–H and O–H groups in total. The van der Waals surface area contributed by atoms with E-state index in [2.05, 4.69) is 15.4 Å². The second-order valence-corrected chi connectivity index (χ2v) is 6.76. The summed E-state index contributed by atoms with van der Waals surface area (Å²) in [4.78, 5) is 15.8. The summed E-state index contributed by atoms with van der Waals surface area (Å²) < 4.78 is 16.4. The molecule has 1 aliphatic heterocycles. The summed E-state index contributed by atoms with van der Waals surface area (Å²) in [5.74, 6) is 2.49. The van der Waals surface area contributed by atoms with E-state index < -0.39 is 0 Å². The highest BCUT2D eigenvalue weighted by molar-refractivity contribution is 5.75. The van der Waals surface area contributed by atoms with Crippen LogP contribution in [0.25, 0.3) is 11.4 Å². The summed E-state index contributed by atoms with van der Waals surface area (Å²) in [5.41, 5.74) is 1.75. The number of hydrogen-bond acceptors (Lipinski definition) is 7. The molecular weight excluding hydrogens is 386 g/mol. The second kappa shape index (κ2) is 8.81. The fourth-order valence-electron chi connectivity index (χ4n) is 3.19. The number of hydrogen-bond donors (Lipinski definition) is 0. The van der Waals surface area contributed by atoms with Crippen molar-refractivity contribution in [2.75, 3.05) is 26.9 Å². The molecule has 0 aliphatic carbocycles. The SMILES string of the molecule is CCN(Cc1ccc2c(c1)OCCO2)C(=O)Cn1nnc(-c2cccc(OC)c2)n1. The third kappa shape index (κ3) is 4.35. The Bertz CT molecular complexity index is 1040. The Kier molecular flexibility index (Phi) is 5.78. The van der Waals surface area contributed by atoms with Gasteiger partial charge in [0.05, 0.1) is 7.11 Å². The van der Waals surface area contributed by atoms with Crippen LogP contribution in [0, 0.1) is 0 Å². The van der Waals surface area contributed by atoms with E-state index >= 15 is 0 Å². The van der Waals surface area contributed by atoms with E-state index in [-0.39, 0.29) is 12.5 Å². The molecule has 0 spiro atoms.